The van der Waals surface area contributed by atoms with Gasteiger partial charge in [0.15, 0.2) is 11.6 Å². The molecule has 1 aliphatic rings. The summed E-state index contributed by atoms with van der Waals surface area (Å²) < 4.78 is 25.3. The Morgan fingerprint density at radius 3 is 2.71 bits per heavy atom. The van der Waals surface area contributed by atoms with Crippen LogP contribution in [0, 0.1) is 0 Å². The maximum absolute atomic E-state index is 11.4. The first-order valence-corrected chi connectivity index (χ1v) is 13.2. The van der Waals surface area contributed by atoms with E-state index in [1.807, 2.05) is 0 Å². The third-order valence-electron chi connectivity index (χ3n) is 5.29. The zero-order valence-electron chi connectivity index (χ0n) is 18.1. The number of anilines is 2. The number of nitrogen functional groups attached to an aromatic ring is 1. The number of fused-ring (bicyclic) bond motifs is 1. The number of nitrogens with two attached hydrogens (primary N) is 1. The van der Waals surface area contributed by atoms with Gasteiger partial charge >= 0.3 is 0 Å². The lowest BCUT2D eigenvalue weighted by atomic mass is 10.0. The van der Waals surface area contributed by atoms with Crippen molar-refractivity contribution in [3.8, 4) is 0 Å². The van der Waals surface area contributed by atoms with Gasteiger partial charge in [-0.25, -0.2) is 23.1 Å². The van der Waals surface area contributed by atoms with Crippen molar-refractivity contribution in [3.05, 3.63) is 35.2 Å². The van der Waals surface area contributed by atoms with Crippen LogP contribution in [-0.2, 0) is 29.3 Å². The molecule has 0 saturated heterocycles. The largest absolute Gasteiger partial charge is 0.382 e. The SMILES string of the molecule is C=Nc1c(N)ncnc1N(CCCNS(C)(=O)=O)CSc1cc2c(cc1CC)CCC2. The van der Waals surface area contributed by atoms with E-state index >= 15 is 0 Å². The molecule has 0 fully saturated rings. The van der Waals surface area contributed by atoms with Gasteiger partial charge in [0.25, 0.3) is 0 Å². The van der Waals surface area contributed by atoms with E-state index in [4.69, 9.17) is 5.73 Å². The molecule has 168 valence electrons. The molecule has 31 heavy (non-hydrogen) atoms. The summed E-state index contributed by atoms with van der Waals surface area (Å²) in [4.78, 5) is 15.8. The van der Waals surface area contributed by atoms with Crippen LogP contribution in [0.2, 0.25) is 0 Å². The minimum Gasteiger partial charge on any atom is -0.382 e. The van der Waals surface area contributed by atoms with Crippen LogP contribution in [-0.4, -0.2) is 50.3 Å². The molecule has 8 nitrogen and oxygen atoms in total. The predicted octanol–water partition coefficient (Wildman–Crippen LogP) is 2.94. The van der Waals surface area contributed by atoms with Crippen molar-refractivity contribution in [3.63, 3.8) is 0 Å². The number of aliphatic imine (C=N–C) groups is 1. The van der Waals surface area contributed by atoms with E-state index in [0.717, 1.165) is 19.1 Å². The van der Waals surface area contributed by atoms with E-state index in [9.17, 15) is 8.42 Å². The van der Waals surface area contributed by atoms with Gasteiger partial charge in [0, 0.05) is 18.0 Å². The average Bonchev–Trinajstić information content (AvgIpc) is 3.19. The quantitative estimate of drug-likeness (QED) is 0.228. The second-order valence-corrected chi connectivity index (χ2v) is 10.4. The number of benzene rings is 1. The van der Waals surface area contributed by atoms with Crippen LogP contribution in [0.4, 0.5) is 17.3 Å². The lowest BCUT2D eigenvalue weighted by Gasteiger charge is -2.25. The van der Waals surface area contributed by atoms with E-state index in [-0.39, 0.29) is 5.82 Å². The molecule has 0 aliphatic heterocycles. The van der Waals surface area contributed by atoms with Gasteiger partial charge < -0.3 is 10.6 Å². The highest BCUT2D eigenvalue weighted by atomic mass is 32.2. The Kier molecular flexibility index (Phi) is 7.90. The summed E-state index contributed by atoms with van der Waals surface area (Å²) in [5.41, 5.74) is 10.7. The summed E-state index contributed by atoms with van der Waals surface area (Å²) in [5, 5.41) is 0. The van der Waals surface area contributed by atoms with Gasteiger partial charge in [-0.3, -0.25) is 4.99 Å². The summed E-state index contributed by atoms with van der Waals surface area (Å²) in [6.07, 6.45) is 7.69. The summed E-state index contributed by atoms with van der Waals surface area (Å²) >= 11 is 1.75. The molecule has 0 saturated carbocycles. The molecule has 0 amide bonds. The average molecular weight is 463 g/mol. The summed E-state index contributed by atoms with van der Waals surface area (Å²) in [5.74, 6) is 1.51. The van der Waals surface area contributed by atoms with Crippen molar-refractivity contribution < 1.29 is 8.42 Å². The van der Waals surface area contributed by atoms with Crippen LogP contribution < -0.4 is 15.4 Å². The Balaban J connectivity index is 1.80. The lowest BCUT2D eigenvalue weighted by Crippen LogP contribution is -2.30. The smallest absolute Gasteiger partial charge is 0.208 e. The Hall–Kier alpha value is -2.17. The van der Waals surface area contributed by atoms with Crippen LogP contribution in [0.5, 0.6) is 0 Å². The molecule has 0 atom stereocenters. The van der Waals surface area contributed by atoms with Crippen molar-refractivity contribution >= 4 is 45.8 Å². The fraction of sp³-hybridized carbons (Fsp3) is 0.476. The first-order valence-electron chi connectivity index (χ1n) is 10.4. The summed E-state index contributed by atoms with van der Waals surface area (Å²) in [7, 11) is -3.22. The lowest BCUT2D eigenvalue weighted by molar-refractivity contribution is 0.585. The Morgan fingerprint density at radius 2 is 2.03 bits per heavy atom. The topological polar surface area (TPSA) is 114 Å². The monoisotopic (exact) mass is 462 g/mol. The third-order valence-corrected chi connectivity index (χ3v) is 7.15. The molecule has 10 heteroatoms. The third kappa shape index (κ3) is 6.18. The minimum absolute atomic E-state index is 0.274. The van der Waals surface area contributed by atoms with Crippen molar-refractivity contribution in [2.24, 2.45) is 4.99 Å². The number of hydrogen-bond donors (Lipinski definition) is 2. The van der Waals surface area contributed by atoms with Crippen molar-refractivity contribution in [1.82, 2.24) is 14.7 Å². The molecular formula is C21H30N6O2S2. The molecule has 0 bridgehead atoms. The van der Waals surface area contributed by atoms with E-state index in [0.29, 0.717) is 36.9 Å². The fourth-order valence-electron chi connectivity index (χ4n) is 3.74. The van der Waals surface area contributed by atoms with Gasteiger partial charge in [0.1, 0.15) is 12.0 Å². The predicted molar refractivity (Wildman–Crippen MR) is 129 cm³/mol. The molecular weight excluding hydrogens is 432 g/mol. The van der Waals surface area contributed by atoms with Gasteiger partial charge in [0.2, 0.25) is 10.0 Å². The molecule has 0 radical (unpaired) electrons. The first-order chi connectivity index (χ1) is 14.8. The fourth-order valence-corrected chi connectivity index (χ4v) is 5.41. The maximum Gasteiger partial charge on any atom is 0.208 e. The molecule has 1 aromatic carbocycles. The number of thioether (sulfide) groups is 1. The van der Waals surface area contributed by atoms with Gasteiger partial charge in [-0.2, -0.15) is 0 Å². The van der Waals surface area contributed by atoms with Crippen LogP contribution >= 0.6 is 11.8 Å². The van der Waals surface area contributed by atoms with Crippen LogP contribution in [0.15, 0.2) is 28.3 Å². The van der Waals surface area contributed by atoms with E-state index in [1.165, 1.54) is 40.8 Å². The minimum atomic E-state index is -3.22. The highest BCUT2D eigenvalue weighted by Crippen LogP contribution is 2.35. The van der Waals surface area contributed by atoms with Gasteiger partial charge in [0.05, 0.1) is 12.1 Å². The second-order valence-electron chi connectivity index (χ2n) is 7.58. The van der Waals surface area contributed by atoms with Crippen LogP contribution in [0.1, 0.15) is 36.5 Å². The number of sulfonamides is 1. The van der Waals surface area contributed by atoms with Gasteiger partial charge in [-0.15, -0.1) is 11.8 Å². The number of rotatable bonds is 11. The second kappa shape index (κ2) is 10.4. The molecule has 1 heterocycles. The number of aromatic nitrogens is 2. The van der Waals surface area contributed by atoms with Crippen LogP contribution in [0.3, 0.4) is 0 Å². The maximum atomic E-state index is 11.4. The molecule has 1 aromatic heterocycles. The molecule has 0 unspecified atom stereocenters. The summed E-state index contributed by atoms with van der Waals surface area (Å²) in [6.45, 7) is 6.72. The molecule has 0 spiro atoms. The van der Waals surface area contributed by atoms with E-state index in [1.54, 1.807) is 11.8 Å². The number of aryl methyl sites for hydroxylation is 3. The Morgan fingerprint density at radius 1 is 1.29 bits per heavy atom. The molecule has 2 aromatic rings. The molecule has 3 rings (SSSR count). The molecule has 1 aliphatic carbocycles. The van der Waals surface area contributed by atoms with Gasteiger partial charge in [-0.05, 0) is 61.6 Å². The molecule has 3 N–H and O–H groups in total. The highest BCUT2D eigenvalue weighted by Gasteiger charge is 2.18. The normalized spacial score (nSPS) is 13.2. The van der Waals surface area contributed by atoms with Crippen molar-refractivity contribution in [2.75, 3.05) is 35.9 Å². The summed E-state index contributed by atoms with van der Waals surface area (Å²) in [6, 6.07) is 4.68. The van der Waals surface area contributed by atoms with Crippen LogP contribution in [0.25, 0.3) is 0 Å². The highest BCUT2D eigenvalue weighted by molar-refractivity contribution is 7.99. The Labute approximate surface area is 188 Å². The zero-order chi connectivity index (χ0) is 22.4. The zero-order valence-corrected chi connectivity index (χ0v) is 19.7. The number of nitrogens with one attached hydrogen (secondary N) is 1. The number of hydrogen-bond acceptors (Lipinski definition) is 8. The van der Waals surface area contributed by atoms with Crippen molar-refractivity contribution in [2.45, 2.75) is 43.9 Å². The standard InChI is InChI=1S/C21H30N6O2S2/c1-4-15-11-16-7-5-8-17(16)12-18(15)30-14-27(10-6-9-26-31(3,28)29)21-19(23-2)20(22)24-13-25-21/h11-13,26H,2,4-10,14H2,1,3H3,(H2,22,24,25). The Bertz CT molecular complexity index is 1040. The van der Waals surface area contributed by atoms with E-state index < -0.39 is 10.0 Å². The van der Waals surface area contributed by atoms with Crippen molar-refractivity contribution in [1.29, 1.82) is 0 Å². The number of nitrogens with zero attached hydrogens (tertiary/aromatic N) is 4. The first kappa shape index (κ1) is 23.5. The van der Waals surface area contributed by atoms with Gasteiger partial charge in [-0.1, -0.05) is 13.0 Å². The van der Waals surface area contributed by atoms with E-state index in [2.05, 4.69) is 50.4 Å².